The highest BCUT2D eigenvalue weighted by Crippen LogP contribution is 2.05. The number of aromatic nitrogens is 1. The van der Waals surface area contributed by atoms with E-state index in [9.17, 15) is 4.79 Å². The lowest BCUT2D eigenvalue weighted by molar-refractivity contribution is 0.0767. The first kappa shape index (κ1) is 12.2. The number of rotatable bonds is 4. The van der Waals surface area contributed by atoms with Gasteiger partial charge in [0.1, 0.15) is 0 Å². The van der Waals surface area contributed by atoms with Gasteiger partial charge in [-0.05, 0) is 26.0 Å². The Balaban J connectivity index is 2.75. The average molecular weight is 217 g/mol. The minimum atomic E-state index is -0.0646. The van der Waals surface area contributed by atoms with Crippen LogP contribution in [0.5, 0.6) is 0 Å². The molecule has 1 aromatic heterocycles. The lowest BCUT2D eigenvalue weighted by Gasteiger charge is -2.19. The monoisotopic (exact) mass is 217 g/mol. The molecule has 84 valence electrons. The fourth-order valence-corrected chi connectivity index (χ4v) is 1.37. The summed E-state index contributed by atoms with van der Waals surface area (Å²) in [6.45, 7) is 4.85. The van der Waals surface area contributed by atoms with E-state index in [1.807, 2.05) is 26.0 Å². The largest absolute Gasteiger partial charge is 0.338 e. The smallest absolute Gasteiger partial charge is 0.255 e. The maximum absolute atomic E-state index is 12.0. The van der Waals surface area contributed by atoms with Crippen molar-refractivity contribution in [3.63, 3.8) is 0 Å². The summed E-state index contributed by atoms with van der Waals surface area (Å²) in [4.78, 5) is 17.7. The third-order valence-corrected chi connectivity index (χ3v) is 2.32. The summed E-state index contributed by atoms with van der Waals surface area (Å²) in [5, 5.41) is 8.50. The van der Waals surface area contributed by atoms with Crippen LogP contribution in [0, 0.1) is 18.3 Å². The van der Waals surface area contributed by atoms with E-state index in [-0.39, 0.29) is 5.91 Å². The highest BCUT2D eigenvalue weighted by Gasteiger charge is 2.13. The van der Waals surface area contributed by atoms with E-state index in [2.05, 4.69) is 4.98 Å². The minimum Gasteiger partial charge on any atom is -0.338 e. The molecule has 1 heterocycles. The Bertz CT molecular complexity index is 392. The number of nitrogens with zero attached hydrogens (tertiary/aromatic N) is 3. The second kappa shape index (κ2) is 5.86. The summed E-state index contributed by atoms with van der Waals surface area (Å²) in [6, 6.07) is 5.61. The van der Waals surface area contributed by atoms with Crippen LogP contribution in [0.3, 0.4) is 0 Å². The van der Waals surface area contributed by atoms with Crippen LogP contribution in [-0.2, 0) is 0 Å². The van der Waals surface area contributed by atoms with Gasteiger partial charge in [-0.25, -0.2) is 0 Å². The maximum Gasteiger partial charge on any atom is 0.255 e. The molecule has 0 aromatic carbocycles. The van der Waals surface area contributed by atoms with E-state index < -0.39 is 0 Å². The zero-order valence-corrected chi connectivity index (χ0v) is 9.60. The molecule has 0 aliphatic rings. The van der Waals surface area contributed by atoms with E-state index in [1.165, 1.54) is 0 Å². The summed E-state index contributed by atoms with van der Waals surface area (Å²) in [5.74, 6) is -0.0646. The number of carbonyl (C=O) groups excluding carboxylic acids is 1. The van der Waals surface area contributed by atoms with E-state index in [0.717, 1.165) is 5.69 Å². The third-order valence-electron chi connectivity index (χ3n) is 2.32. The van der Waals surface area contributed by atoms with Gasteiger partial charge in [0.15, 0.2) is 0 Å². The SMILES string of the molecule is CCN(CCC#N)C(=O)c1ccc(C)nc1. The first-order valence-electron chi connectivity index (χ1n) is 5.28. The molecule has 0 N–H and O–H groups in total. The van der Waals surface area contributed by atoms with Crippen molar-refractivity contribution in [2.75, 3.05) is 13.1 Å². The Morgan fingerprint density at radius 3 is 2.81 bits per heavy atom. The van der Waals surface area contributed by atoms with Crippen molar-refractivity contribution in [1.29, 1.82) is 5.26 Å². The van der Waals surface area contributed by atoms with E-state index in [0.29, 0.717) is 25.1 Å². The molecule has 0 aliphatic heterocycles. The predicted octanol–water partition coefficient (Wildman–Crippen LogP) is 1.77. The van der Waals surface area contributed by atoms with Crippen LogP contribution in [0.4, 0.5) is 0 Å². The van der Waals surface area contributed by atoms with Crippen molar-refractivity contribution in [2.24, 2.45) is 0 Å². The van der Waals surface area contributed by atoms with Gasteiger partial charge in [0.25, 0.3) is 5.91 Å². The molecule has 0 bridgehead atoms. The predicted molar refractivity (Wildman–Crippen MR) is 60.8 cm³/mol. The molecular weight excluding hydrogens is 202 g/mol. The van der Waals surface area contributed by atoms with Gasteiger partial charge in [0.2, 0.25) is 0 Å². The quantitative estimate of drug-likeness (QED) is 0.772. The van der Waals surface area contributed by atoms with Crippen LogP contribution in [0.25, 0.3) is 0 Å². The van der Waals surface area contributed by atoms with E-state index in [4.69, 9.17) is 5.26 Å². The molecule has 0 saturated carbocycles. The molecule has 1 rings (SSSR count). The molecule has 0 radical (unpaired) electrons. The number of pyridine rings is 1. The number of hydrogen-bond donors (Lipinski definition) is 0. The van der Waals surface area contributed by atoms with Gasteiger partial charge < -0.3 is 4.90 Å². The van der Waals surface area contributed by atoms with E-state index >= 15 is 0 Å². The van der Waals surface area contributed by atoms with Crippen LogP contribution in [-0.4, -0.2) is 28.9 Å². The molecular formula is C12H15N3O. The fourth-order valence-electron chi connectivity index (χ4n) is 1.37. The van der Waals surface area contributed by atoms with Gasteiger partial charge in [-0.1, -0.05) is 0 Å². The number of aryl methyl sites for hydroxylation is 1. The summed E-state index contributed by atoms with van der Waals surface area (Å²) in [6.07, 6.45) is 1.94. The van der Waals surface area contributed by atoms with Crippen molar-refractivity contribution in [2.45, 2.75) is 20.3 Å². The molecule has 0 saturated heterocycles. The Morgan fingerprint density at radius 1 is 1.56 bits per heavy atom. The highest BCUT2D eigenvalue weighted by molar-refractivity contribution is 5.93. The molecule has 16 heavy (non-hydrogen) atoms. The maximum atomic E-state index is 12.0. The van der Waals surface area contributed by atoms with Gasteiger partial charge >= 0.3 is 0 Å². The summed E-state index contributed by atoms with van der Waals surface area (Å²) in [7, 11) is 0. The minimum absolute atomic E-state index is 0.0646. The van der Waals surface area contributed by atoms with Crippen LogP contribution in [0.2, 0.25) is 0 Å². The van der Waals surface area contributed by atoms with Gasteiger partial charge in [0.05, 0.1) is 18.1 Å². The van der Waals surface area contributed by atoms with Crippen LogP contribution in [0.1, 0.15) is 29.4 Å². The standard InChI is InChI=1S/C12H15N3O/c1-3-15(8-4-7-13)12(16)11-6-5-10(2)14-9-11/h5-6,9H,3-4,8H2,1-2H3. The molecule has 0 atom stereocenters. The summed E-state index contributed by atoms with van der Waals surface area (Å²) < 4.78 is 0. The zero-order chi connectivity index (χ0) is 12.0. The number of amides is 1. The topological polar surface area (TPSA) is 57.0 Å². The van der Waals surface area contributed by atoms with Crippen molar-refractivity contribution >= 4 is 5.91 Å². The Hall–Kier alpha value is -1.89. The van der Waals surface area contributed by atoms with Crippen molar-refractivity contribution < 1.29 is 4.79 Å². The zero-order valence-electron chi connectivity index (χ0n) is 9.60. The Morgan fingerprint density at radius 2 is 2.31 bits per heavy atom. The Kier molecular flexibility index (Phi) is 4.46. The lowest BCUT2D eigenvalue weighted by atomic mass is 10.2. The second-order valence-electron chi connectivity index (χ2n) is 3.48. The van der Waals surface area contributed by atoms with E-state index in [1.54, 1.807) is 17.2 Å². The number of hydrogen-bond acceptors (Lipinski definition) is 3. The van der Waals surface area contributed by atoms with Crippen LogP contribution in [0.15, 0.2) is 18.3 Å². The highest BCUT2D eigenvalue weighted by atomic mass is 16.2. The molecule has 0 spiro atoms. The molecule has 0 aliphatic carbocycles. The van der Waals surface area contributed by atoms with Gasteiger partial charge in [-0.2, -0.15) is 5.26 Å². The second-order valence-corrected chi connectivity index (χ2v) is 3.48. The molecule has 1 amide bonds. The molecule has 1 aromatic rings. The summed E-state index contributed by atoms with van der Waals surface area (Å²) >= 11 is 0. The third kappa shape index (κ3) is 3.06. The van der Waals surface area contributed by atoms with Gasteiger partial charge in [-0.15, -0.1) is 0 Å². The van der Waals surface area contributed by atoms with Gasteiger partial charge in [-0.3, -0.25) is 9.78 Å². The Labute approximate surface area is 95.5 Å². The first-order valence-corrected chi connectivity index (χ1v) is 5.28. The normalized spacial score (nSPS) is 9.56. The van der Waals surface area contributed by atoms with Crippen LogP contribution < -0.4 is 0 Å². The van der Waals surface area contributed by atoms with Gasteiger partial charge in [0, 0.05) is 25.0 Å². The van der Waals surface area contributed by atoms with Crippen LogP contribution >= 0.6 is 0 Å². The fraction of sp³-hybridized carbons (Fsp3) is 0.417. The number of nitriles is 1. The first-order chi connectivity index (χ1) is 7.69. The van der Waals surface area contributed by atoms with Crippen molar-refractivity contribution in [1.82, 2.24) is 9.88 Å². The molecule has 0 fully saturated rings. The average Bonchev–Trinajstić information content (AvgIpc) is 2.30. The van der Waals surface area contributed by atoms with Crippen molar-refractivity contribution in [3.05, 3.63) is 29.6 Å². The lowest BCUT2D eigenvalue weighted by Crippen LogP contribution is -2.31. The summed E-state index contributed by atoms with van der Waals surface area (Å²) in [5.41, 5.74) is 1.46. The molecule has 4 nitrogen and oxygen atoms in total. The van der Waals surface area contributed by atoms with Crippen molar-refractivity contribution in [3.8, 4) is 6.07 Å². The molecule has 0 unspecified atom stereocenters. The number of carbonyl (C=O) groups is 1. The molecule has 4 heteroatoms.